The first-order valence-electron chi connectivity index (χ1n) is 4.00. The van der Waals surface area contributed by atoms with Crippen LogP contribution in [0.4, 0.5) is 8.78 Å². The topological polar surface area (TPSA) is 39.2 Å². The zero-order chi connectivity index (χ0) is 11.6. The summed E-state index contributed by atoms with van der Waals surface area (Å²) in [7, 11) is 1.11. The molecule has 0 aliphatic rings. The zero-order valence-electron chi connectivity index (χ0n) is 8.05. The first-order chi connectivity index (χ1) is 6.99. The van der Waals surface area contributed by atoms with E-state index in [4.69, 9.17) is 11.6 Å². The maximum atomic E-state index is 12.5. The van der Waals surface area contributed by atoms with Crippen LogP contribution in [0.2, 0.25) is 5.02 Å². The van der Waals surface area contributed by atoms with Crippen LogP contribution < -0.4 is 0 Å². The molecule has 1 aromatic heterocycles. The van der Waals surface area contributed by atoms with Gasteiger partial charge in [-0.2, -0.15) is 0 Å². The van der Waals surface area contributed by atoms with Crippen molar-refractivity contribution in [1.82, 2.24) is 4.98 Å². The molecule has 0 unspecified atom stereocenters. The smallest absolute Gasteiger partial charge is 0.340 e. The molecule has 0 radical (unpaired) electrons. The van der Waals surface area contributed by atoms with E-state index in [9.17, 15) is 13.6 Å². The number of aromatic nitrogens is 1. The molecule has 82 valence electrons. The van der Waals surface area contributed by atoms with Gasteiger partial charge in [-0.15, -0.1) is 0 Å². The van der Waals surface area contributed by atoms with Crippen LogP contribution >= 0.6 is 11.6 Å². The van der Waals surface area contributed by atoms with Gasteiger partial charge in [0.15, 0.2) is 0 Å². The largest absolute Gasteiger partial charge is 0.465 e. The van der Waals surface area contributed by atoms with E-state index >= 15 is 0 Å². The number of ether oxygens (including phenoxy) is 1. The molecule has 0 aliphatic heterocycles. The molecule has 0 fully saturated rings. The molecule has 0 saturated carbocycles. The molecule has 6 heteroatoms. The third-order valence-electron chi connectivity index (χ3n) is 1.90. The Kier molecular flexibility index (Phi) is 3.57. The van der Waals surface area contributed by atoms with Crippen LogP contribution in [0.15, 0.2) is 6.20 Å². The van der Waals surface area contributed by atoms with Crippen LogP contribution in [0.1, 0.15) is 28.0 Å². The number of hydrogen-bond donors (Lipinski definition) is 0. The zero-order valence-corrected chi connectivity index (χ0v) is 8.81. The van der Waals surface area contributed by atoms with E-state index in [-0.39, 0.29) is 16.1 Å². The Morgan fingerprint density at radius 2 is 2.20 bits per heavy atom. The van der Waals surface area contributed by atoms with Crippen LogP contribution in [0.25, 0.3) is 0 Å². The highest BCUT2D eigenvalue weighted by Gasteiger charge is 2.24. The van der Waals surface area contributed by atoms with E-state index in [0.717, 1.165) is 13.3 Å². The van der Waals surface area contributed by atoms with Crippen LogP contribution in [-0.4, -0.2) is 18.1 Å². The summed E-state index contributed by atoms with van der Waals surface area (Å²) < 4.78 is 29.4. The lowest BCUT2D eigenvalue weighted by atomic mass is 10.1. The number of esters is 1. The number of alkyl halides is 2. The van der Waals surface area contributed by atoms with Crippen molar-refractivity contribution in [2.24, 2.45) is 0 Å². The van der Waals surface area contributed by atoms with Crippen molar-refractivity contribution in [3.63, 3.8) is 0 Å². The third-order valence-corrected chi connectivity index (χ3v) is 2.28. The fourth-order valence-electron chi connectivity index (χ4n) is 1.12. The number of hydrogen-bond acceptors (Lipinski definition) is 3. The van der Waals surface area contributed by atoms with Crippen molar-refractivity contribution in [3.05, 3.63) is 28.0 Å². The standard InChI is InChI=1S/C9H8ClF2NO2/c1-4-5(10)3-13-7(8(11)12)6(4)9(14)15-2/h3,8H,1-2H3. The SMILES string of the molecule is COC(=O)c1c(C(F)F)ncc(Cl)c1C. The predicted octanol–water partition coefficient (Wildman–Crippen LogP) is 2.77. The van der Waals surface area contributed by atoms with E-state index < -0.39 is 18.1 Å². The fourth-order valence-corrected chi connectivity index (χ4v) is 1.27. The molecular weight excluding hydrogens is 228 g/mol. The van der Waals surface area contributed by atoms with Crippen LogP contribution in [0.3, 0.4) is 0 Å². The van der Waals surface area contributed by atoms with Gasteiger partial charge in [0.2, 0.25) is 0 Å². The second-order valence-corrected chi connectivity index (χ2v) is 3.19. The number of halogens is 3. The van der Waals surface area contributed by atoms with E-state index in [1.165, 1.54) is 6.92 Å². The summed E-state index contributed by atoms with van der Waals surface area (Å²) in [5.41, 5.74) is -0.627. The summed E-state index contributed by atoms with van der Waals surface area (Å²) in [4.78, 5) is 14.7. The second-order valence-electron chi connectivity index (χ2n) is 2.78. The summed E-state index contributed by atoms with van der Waals surface area (Å²) >= 11 is 5.68. The first kappa shape index (κ1) is 11.8. The molecule has 1 aromatic rings. The molecule has 0 aliphatic carbocycles. The highest BCUT2D eigenvalue weighted by Crippen LogP contribution is 2.27. The summed E-state index contributed by atoms with van der Waals surface area (Å²) in [5.74, 6) is -0.863. The molecule has 0 bridgehead atoms. The Labute approximate surface area is 90.0 Å². The molecule has 0 atom stereocenters. The molecule has 0 aromatic carbocycles. The van der Waals surface area contributed by atoms with Gasteiger partial charge in [-0.1, -0.05) is 11.6 Å². The highest BCUT2D eigenvalue weighted by atomic mass is 35.5. The van der Waals surface area contributed by atoms with Crippen molar-refractivity contribution < 1.29 is 18.3 Å². The monoisotopic (exact) mass is 235 g/mol. The minimum atomic E-state index is -2.84. The number of carbonyl (C=O) groups is 1. The minimum absolute atomic E-state index is 0.153. The predicted molar refractivity (Wildman–Crippen MR) is 50.3 cm³/mol. The summed E-state index contributed by atoms with van der Waals surface area (Å²) in [6.07, 6.45) is -1.75. The Morgan fingerprint density at radius 1 is 1.60 bits per heavy atom. The average Bonchev–Trinajstić information content (AvgIpc) is 2.20. The third kappa shape index (κ3) is 2.23. The molecule has 0 spiro atoms. The molecule has 0 N–H and O–H groups in total. The lowest BCUT2D eigenvalue weighted by molar-refractivity contribution is 0.0586. The first-order valence-corrected chi connectivity index (χ1v) is 4.38. The lowest BCUT2D eigenvalue weighted by Crippen LogP contribution is -2.10. The summed E-state index contributed by atoms with van der Waals surface area (Å²) in [6.45, 7) is 1.46. The van der Waals surface area contributed by atoms with Gasteiger partial charge in [0.05, 0.1) is 17.7 Å². The van der Waals surface area contributed by atoms with Gasteiger partial charge >= 0.3 is 5.97 Å². The average molecular weight is 236 g/mol. The number of methoxy groups -OCH3 is 1. The Balaban J connectivity index is 3.41. The lowest BCUT2D eigenvalue weighted by Gasteiger charge is -2.10. The van der Waals surface area contributed by atoms with Crippen LogP contribution in [0, 0.1) is 6.92 Å². The van der Waals surface area contributed by atoms with E-state index in [2.05, 4.69) is 9.72 Å². The van der Waals surface area contributed by atoms with Crippen molar-refractivity contribution in [2.45, 2.75) is 13.3 Å². The van der Waals surface area contributed by atoms with Crippen LogP contribution in [0.5, 0.6) is 0 Å². The van der Waals surface area contributed by atoms with Crippen molar-refractivity contribution in [3.8, 4) is 0 Å². The maximum absolute atomic E-state index is 12.5. The van der Waals surface area contributed by atoms with Gasteiger partial charge in [0.1, 0.15) is 5.69 Å². The van der Waals surface area contributed by atoms with Crippen molar-refractivity contribution in [1.29, 1.82) is 0 Å². The maximum Gasteiger partial charge on any atom is 0.340 e. The van der Waals surface area contributed by atoms with Gasteiger partial charge in [-0.05, 0) is 12.5 Å². The molecular formula is C9H8ClF2NO2. The Bertz CT molecular complexity index is 396. The van der Waals surface area contributed by atoms with Gasteiger partial charge < -0.3 is 4.74 Å². The molecule has 0 saturated heterocycles. The number of nitrogens with zero attached hydrogens (tertiary/aromatic N) is 1. The van der Waals surface area contributed by atoms with E-state index in [1.807, 2.05) is 0 Å². The molecule has 0 amide bonds. The molecule has 3 nitrogen and oxygen atoms in total. The Hall–Kier alpha value is -1.23. The normalized spacial score (nSPS) is 10.5. The quantitative estimate of drug-likeness (QED) is 0.740. The fraction of sp³-hybridized carbons (Fsp3) is 0.333. The van der Waals surface area contributed by atoms with E-state index in [1.54, 1.807) is 0 Å². The van der Waals surface area contributed by atoms with Crippen molar-refractivity contribution in [2.75, 3.05) is 7.11 Å². The highest BCUT2D eigenvalue weighted by molar-refractivity contribution is 6.31. The summed E-state index contributed by atoms with van der Waals surface area (Å²) in [6, 6.07) is 0. The minimum Gasteiger partial charge on any atom is -0.465 e. The van der Waals surface area contributed by atoms with Crippen molar-refractivity contribution >= 4 is 17.6 Å². The van der Waals surface area contributed by atoms with E-state index in [0.29, 0.717) is 0 Å². The number of pyridine rings is 1. The Morgan fingerprint density at radius 3 is 2.67 bits per heavy atom. The number of carbonyl (C=O) groups excluding carboxylic acids is 1. The number of rotatable bonds is 2. The van der Waals surface area contributed by atoms with Gasteiger partial charge in [-0.3, -0.25) is 4.98 Å². The molecule has 15 heavy (non-hydrogen) atoms. The van der Waals surface area contributed by atoms with Gasteiger partial charge in [0.25, 0.3) is 6.43 Å². The van der Waals surface area contributed by atoms with Gasteiger partial charge in [-0.25, -0.2) is 13.6 Å². The summed E-state index contributed by atoms with van der Waals surface area (Å²) in [5, 5.41) is 0.153. The molecule has 1 heterocycles. The van der Waals surface area contributed by atoms with Gasteiger partial charge in [0, 0.05) is 6.20 Å². The molecule has 1 rings (SSSR count). The second kappa shape index (κ2) is 4.53. The van der Waals surface area contributed by atoms with Crippen LogP contribution in [-0.2, 0) is 4.74 Å².